The van der Waals surface area contributed by atoms with Gasteiger partial charge < -0.3 is 10.1 Å². The second kappa shape index (κ2) is 5.87. The Morgan fingerprint density at radius 3 is 2.62 bits per heavy atom. The lowest BCUT2D eigenvalue weighted by molar-refractivity contribution is -0.124. The number of nitrogens with one attached hydrogen (secondary N) is 1. The van der Waals surface area contributed by atoms with E-state index in [0.717, 1.165) is 4.90 Å². The summed E-state index contributed by atoms with van der Waals surface area (Å²) in [6, 6.07) is 4.05. The first-order valence-corrected chi connectivity index (χ1v) is 6.65. The summed E-state index contributed by atoms with van der Waals surface area (Å²) >= 11 is 0. The van der Waals surface area contributed by atoms with E-state index in [1.54, 1.807) is 25.1 Å². The quantitative estimate of drug-likeness (QED) is 0.638. The van der Waals surface area contributed by atoms with Gasteiger partial charge in [-0.05, 0) is 25.0 Å². The minimum Gasteiger partial charge on any atom is -0.357 e. The molecule has 1 aromatic rings. The lowest BCUT2D eigenvalue weighted by Crippen LogP contribution is -2.48. The Morgan fingerprint density at radius 2 is 2.05 bits per heavy atom. The van der Waals surface area contributed by atoms with Gasteiger partial charge in [0.25, 0.3) is 11.8 Å². The van der Waals surface area contributed by atoms with Crippen LogP contribution in [0.25, 0.3) is 0 Å². The van der Waals surface area contributed by atoms with Gasteiger partial charge in [-0.1, -0.05) is 12.1 Å². The monoisotopic (exact) mass is 288 g/mol. The predicted molar refractivity (Wildman–Crippen MR) is 74.8 cm³/mol. The van der Waals surface area contributed by atoms with Gasteiger partial charge in [0.2, 0.25) is 5.91 Å². The minimum absolute atomic E-state index is 0.102. The Balaban J connectivity index is 2.42. The Morgan fingerprint density at radius 1 is 1.33 bits per heavy atom. The highest BCUT2D eigenvalue weighted by Gasteiger charge is 2.42. The number of hydrogen-bond donors (Lipinski definition) is 1. The van der Waals surface area contributed by atoms with Crippen molar-refractivity contribution in [3.05, 3.63) is 34.9 Å². The second-order valence-corrected chi connectivity index (χ2v) is 4.85. The molecule has 0 aliphatic carbocycles. The third kappa shape index (κ3) is 2.44. The summed E-state index contributed by atoms with van der Waals surface area (Å²) in [6.45, 7) is 1.74. The molecule has 0 bridgehead atoms. The van der Waals surface area contributed by atoms with Crippen LogP contribution in [0.3, 0.4) is 0 Å². The van der Waals surface area contributed by atoms with Gasteiger partial charge in [-0.15, -0.1) is 0 Å². The molecule has 1 aliphatic heterocycles. The fourth-order valence-corrected chi connectivity index (χ4v) is 2.53. The van der Waals surface area contributed by atoms with Crippen molar-refractivity contribution in [1.82, 2.24) is 10.2 Å². The zero-order chi connectivity index (χ0) is 15.6. The number of likely N-dealkylation sites (N-methyl/N-ethyl adjacent to an activating group) is 1. The first-order valence-electron chi connectivity index (χ1n) is 6.65. The topological polar surface area (TPSA) is 83.6 Å². The SMILES string of the molecule is CNC(=O)C(CCC=O)N1C(=O)c2cccc(C)c2C1=O. The van der Waals surface area contributed by atoms with Crippen LogP contribution in [0.2, 0.25) is 0 Å². The number of aryl methyl sites for hydroxylation is 1. The molecule has 1 unspecified atom stereocenters. The van der Waals surface area contributed by atoms with E-state index < -0.39 is 23.8 Å². The largest absolute Gasteiger partial charge is 0.357 e. The van der Waals surface area contributed by atoms with Gasteiger partial charge in [0.05, 0.1) is 11.1 Å². The lowest BCUT2D eigenvalue weighted by Gasteiger charge is -2.24. The molecule has 1 atom stereocenters. The first-order chi connectivity index (χ1) is 10.0. The second-order valence-electron chi connectivity index (χ2n) is 4.85. The smallest absolute Gasteiger partial charge is 0.262 e. The lowest BCUT2D eigenvalue weighted by atomic mass is 10.0. The summed E-state index contributed by atoms with van der Waals surface area (Å²) in [7, 11) is 1.43. The Kier molecular flexibility index (Phi) is 4.16. The van der Waals surface area contributed by atoms with Crippen molar-refractivity contribution in [3.63, 3.8) is 0 Å². The van der Waals surface area contributed by atoms with Crippen LogP contribution in [-0.2, 0) is 9.59 Å². The van der Waals surface area contributed by atoms with Crippen LogP contribution in [0.4, 0.5) is 0 Å². The molecule has 0 aromatic heterocycles. The third-order valence-corrected chi connectivity index (χ3v) is 3.57. The molecular formula is C15H16N2O4. The van der Waals surface area contributed by atoms with Gasteiger partial charge >= 0.3 is 0 Å². The molecule has 110 valence electrons. The summed E-state index contributed by atoms with van der Waals surface area (Å²) in [4.78, 5) is 48.4. The maximum Gasteiger partial charge on any atom is 0.262 e. The third-order valence-electron chi connectivity index (χ3n) is 3.57. The number of hydrogen-bond acceptors (Lipinski definition) is 4. The van der Waals surface area contributed by atoms with Crippen LogP contribution in [-0.4, -0.2) is 42.0 Å². The van der Waals surface area contributed by atoms with Crippen molar-refractivity contribution >= 4 is 24.0 Å². The van der Waals surface area contributed by atoms with Crippen LogP contribution in [0.15, 0.2) is 18.2 Å². The molecule has 0 fully saturated rings. The average Bonchev–Trinajstić information content (AvgIpc) is 2.73. The number of nitrogens with zero attached hydrogens (tertiary/aromatic N) is 1. The van der Waals surface area contributed by atoms with E-state index >= 15 is 0 Å². The molecule has 2 rings (SSSR count). The molecular weight excluding hydrogens is 272 g/mol. The molecule has 6 heteroatoms. The molecule has 6 nitrogen and oxygen atoms in total. The van der Waals surface area contributed by atoms with Gasteiger partial charge in [0.1, 0.15) is 12.3 Å². The highest BCUT2D eigenvalue weighted by atomic mass is 16.2. The van der Waals surface area contributed by atoms with E-state index in [9.17, 15) is 19.2 Å². The molecule has 0 radical (unpaired) electrons. The number of rotatable bonds is 5. The maximum atomic E-state index is 12.5. The van der Waals surface area contributed by atoms with Crippen LogP contribution >= 0.6 is 0 Å². The van der Waals surface area contributed by atoms with Crippen LogP contribution in [0.5, 0.6) is 0 Å². The summed E-state index contributed by atoms with van der Waals surface area (Å²) in [5.41, 5.74) is 1.34. The molecule has 1 N–H and O–H groups in total. The molecule has 0 saturated heterocycles. The number of carbonyl (C=O) groups excluding carboxylic acids is 4. The van der Waals surface area contributed by atoms with E-state index in [2.05, 4.69) is 5.32 Å². The zero-order valence-electron chi connectivity index (χ0n) is 11.9. The number of fused-ring (bicyclic) bond motifs is 1. The van der Waals surface area contributed by atoms with Crippen molar-refractivity contribution in [2.24, 2.45) is 0 Å². The first kappa shape index (κ1) is 14.9. The van der Waals surface area contributed by atoms with E-state index in [-0.39, 0.29) is 12.8 Å². The summed E-state index contributed by atoms with van der Waals surface area (Å²) in [5.74, 6) is -1.42. The highest BCUT2D eigenvalue weighted by Crippen LogP contribution is 2.28. The molecule has 0 saturated carbocycles. The molecule has 1 aliphatic rings. The van der Waals surface area contributed by atoms with Gasteiger partial charge in [-0.2, -0.15) is 0 Å². The molecule has 1 aromatic carbocycles. The van der Waals surface area contributed by atoms with Gasteiger partial charge in [-0.3, -0.25) is 19.3 Å². The van der Waals surface area contributed by atoms with E-state index in [1.807, 2.05) is 0 Å². The zero-order valence-corrected chi connectivity index (χ0v) is 11.9. The fraction of sp³-hybridized carbons (Fsp3) is 0.333. The molecule has 21 heavy (non-hydrogen) atoms. The Bertz CT molecular complexity index is 624. The number of imide groups is 1. The van der Waals surface area contributed by atoms with Crippen LogP contribution < -0.4 is 5.32 Å². The Labute approximate surface area is 122 Å². The molecule has 1 heterocycles. The van der Waals surface area contributed by atoms with Gasteiger partial charge in [0, 0.05) is 13.5 Å². The minimum atomic E-state index is -0.966. The van der Waals surface area contributed by atoms with Crippen LogP contribution in [0, 0.1) is 6.92 Å². The summed E-state index contributed by atoms with van der Waals surface area (Å²) in [5, 5.41) is 2.43. The van der Waals surface area contributed by atoms with Gasteiger partial charge in [0.15, 0.2) is 0 Å². The molecule has 3 amide bonds. The standard InChI is InChI=1S/C15H16N2O4/c1-9-5-3-6-10-12(9)15(21)17(14(10)20)11(7-4-8-18)13(19)16-2/h3,5-6,8,11H,4,7H2,1-2H3,(H,16,19). The number of aldehydes is 1. The van der Waals surface area contributed by atoms with Crippen molar-refractivity contribution in [3.8, 4) is 0 Å². The van der Waals surface area contributed by atoms with Crippen LogP contribution in [0.1, 0.15) is 39.1 Å². The van der Waals surface area contributed by atoms with E-state index in [4.69, 9.17) is 0 Å². The number of benzene rings is 1. The van der Waals surface area contributed by atoms with E-state index in [1.165, 1.54) is 7.05 Å². The highest BCUT2D eigenvalue weighted by molar-refractivity contribution is 6.23. The Hall–Kier alpha value is -2.50. The number of amides is 3. The summed E-state index contributed by atoms with van der Waals surface area (Å²) in [6.07, 6.45) is 0.886. The summed E-state index contributed by atoms with van der Waals surface area (Å²) < 4.78 is 0. The van der Waals surface area contributed by atoms with Crippen molar-refractivity contribution in [1.29, 1.82) is 0 Å². The van der Waals surface area contributed by atoms with Crippen molar-refractivity contribution in [2.45, 2.75) is 25.8 Å². The van der Waals surface area contributed by atoms with E-state index in [0.29, 0.717) is 23.0 Å². The molecule has 0 spiro atoms. The van der Waals surface area contributed by atoms with Gasteiger partial charge in [-0.25, -0.2) is 0 Å². The normalized spacial score (nSPS) is 14.9. The average molecular weight is 288 g/mol. The van der Waals surface area contributed by atoms with Crippen molar-refractivity contribution in [2.75, 3.05) is 7.05 Å². The number of carbonyl (C=O) groups is 4. The predicted octanol–water partition coefficient (Wildman–Crippen LogP) is 0.685. The maximum absolute atomic E-state index is 12.5. The fourth-order valence-electron chi connectivity index (χ4n) is 2.53. The van der Waals surface area contributed by atoms with Crippen molar-refractivity contribution < 1.29 is 19.2 Å².